The Morgan fingerprint density at radius 2 is 1.94 bits per heavy atom. The van der Waals surface area contributed by atoms with Gasteiger partial charge in [-0.2, -0.15) is 5.26 Å². The molecule has 0 aliphatic carbocycles. The lowest BCUT2D eigenvalue weighted by Crippen LogP contribution is -1.96. The number of pyridine rings is 1. The number of nitrogens with zero attached hydrogens (tertiary/aromatic N) is 2. The lowest BCUT2D eigenvalue weighted by Gasteiger charge is -2.05. The van der Waals surface area contributed by atoms with Gasteiger partial charge in [0.15, 0.2) is 0 Å². The smallest absolute Gasteiger partial charge is 0.142 e. The van der Waals surface area contributed by atoms with E-state index in [-0.39, 0.29) is 5.82 Å². The van der Waals surface area contributed by atoms with Gasteiger partial charge in [0.2, 0.25) is 0 Å². The van der Waals surface area contributed by atoms with E-state index in [2.05, 4.69) is 4.98 Å². The third kappa shape index (κ3) is 2.33. The number of nitriles is 1. The lowest BCUT2D eigenvalue weighted by molar-refractivity contribution is 1.31. The Labute approximate surface area is 108 Å². The van der Waals surface area contributed by atoms with Gasteiger partial charge in [-0.3, -0.25) is 0 Å². The molecule has 1 aromatic heterocycles. The first kappa shape index (κ1) is 11.7. The summed E-state index contributed by atoms with van der Waals surface area (Å²) < 4.78 is 0. The van der Waals surface area contributed by atoms with Crippen molar-refractivity contribution in [1.29, 1.82) is 5.26 Å². The average molecular weight is 264 g/mol. The molecular formula is C12H7Cl2N3. The molecule has 1 heterocycles. The van der Waals surface area contributed by atoms with Crippen LogP contribution in [0.2, 0.25) is 10.0 Å². The minimum absolute atomic E-state index is 0.182. The topological polar surface area (TPSA) is 62.7 Å². The Hall–Kier alpha value is -1.76. The number of rotatable bonds is 1. The number of hydrogen-bond donors (Lipinski definition) is 1. The fourth-order valence-corrected chi connectivity index (χ4v) is 1.80. The van der Waals surface area contributed by atoms with Crippen molar-refractivity contribution in [2.45, 2.75) is 0 Å². The Morgan fingerprint density at radius 3 is 2.59 bits per heavy atom. The zero-order chi connectivity index (χ0) is 12.4. The minimum Gasteiger partial charge on any atom is -0.383 e. The lowest BCUT2D eigenvalue weighted by atomic mass is 10.1. The molecule has 0 aliphatic heterocycles. The first-order valence-electron chi connectivity index (χ1n) is 4.74. The fourth-order valence-electron chi connectivity index (χ4n) is 1.41. The van der Waals surface area contributed by atoms with E-state index in [1.165, 1.54) is 0 Å². The summed E-state index contributed by atoms with van der Waals surface area (Å²) in [5.41, 5.74) is 7.27. The monoisotopic (exact) mass is 263 g/mol. The van der Waals surface area contributed by atoms with E-state index in [1.807, 2.05) is 6.07 Å². The van der Waals surface area contributed by atoms with Gasteiger partial charge in [-0.05, 0) is 30.3 Å². The molecule has 2 aromatic rings. The maximum atomic E-state index is 8.76. The first-order chi connectivity index (χ1) is 8.11. The van der Waals surface area contributed by atoms with Crippen molar-refractivity contribution >= 4 is 29.0 Å². The Kier molecular flexibility index (Phi) is 3.19. The maximum absolute atomic E-state index is 8.76. The van der Waals surface area contributed by atoms with Gasteiger partial charge >= 0.3 is 0 Å². The van der Waals surface area contributed by atoms with E-state index in [9.17, 15) is 0 Å². The normalized spacial score (nSPS) is 9.94. The zero-order valence-corrected chi connectivity index (χ0v) is 10.1. The highest BCUT2D eigenvalue weighted by Gasteiger charge is 2.08. The van der Waals surface area contributed by atoms with Crippen molar-refractivity contribution in [1.82, 2.24) is 4.98 Å². The summed E-state index contributed by atoms with van der Waals surface area (Å²) in [4.78, 5) is 4.13. The molecule has 17 heavy (non-hydrogen) atoms. The number of benzene rings is 1. The van der Waals surface area contributed by atoms with Gasteiger partial charge in [-0.25, -0.2) is 4.98 Å². The summed E-state index contributed by atoms with van der Waals surface area (Å²) in [6, 6.07) is 10.3. The van der Waals surface area contributed by atoms with E-state index in [0.29, 0.717) is 26.9 Å². The van der Waals surface area contributed by atoms with Gasteiger partial charge in [0.25, 0.3) is 0 Å². The highest BCUT2D eigenvalue weighted by Crippen LogP contribution is 2.30. The molecule has 0 aliphatic rings. The van der Waals surface area contributed by atoms with E-state index < -0.39 is 0 Å². The van der Waals surface area contributed by atoms with Gasteiger partial charge in [0.1, 0.15) is 11.9 Å². The summed E-state index contributed by atoms with van der Waals surface area (Å²) in [7, 11) is 0. The highest BCUT2D eigenvalue weighted by molar-refractivity contribution is 6.35. The van der Waals surface area contributed by atoms with Crippen LogP contribution in [0.15, 0.2) is 30.3 Å². The number of hydrogen-bond acceptors (Lipinski definition) is 3. The van der Waals surface area contributed by atoms with Gasteiger partial charge < -0.3 is 5.73 Å². The molecule has 0 atom stereocenters. The molecule has 0 spiro atoms. The highest BCUT2D eigenvalue weighted by atomic mass is 35.5. The SMILES string of the molecule is N#Cc1ccc(-c2cc(Cl)ccc2Cl)nc1N. The summed E-state index contributed by atoms with van der Waals surface area (Å²) in [6.07, 6.45) is 0. The largest absolute Gasteiger partial charge is 0.383 e. The van der Waals surface area contributed by atoms with Gasteiger partial charge in [-0.15, -0.1) is 0 Å². The van der Waals surface area contributed by atoms with Crippen LogP contribution in [-0.4, -0.2) is 4.98 Å². The molecule has 0 bridgehead atoms. The van der Waals surface area contributed by atoms with Crippen LogP contribution >= 0.6 is 23.2 Å². The minimum atomic E-state index is 0.182. The molecular weight excluding hydrogens is 257 g/mol. The second-order valence-electron chi connectivity index (χ2n) is 3.37. The Balaban J connectivity index is 2.58. The van der Waals surface area contributed by atoms with Crippen molar-refractivity contribution in [2.24, 2.45) is 0 Å². The molecule has 0 radical (unpaired) electrons. The summed E-state index contributed by atoms with van der Waals surface area (Å²) >= 11 is 11.9. The third-order valence-electron chi connectivity index (χ3n) is 2.25. The van der Waals surface area contributed by atoms with Crippen LogP contribution < -0.4 is 5.73 Å². The number of nitrogen functional groups attached to an aromatic ring is 1. The molecule has 0 amide bonds. The molecule has 0 saturated heterocycles. The fraction of sp³-hybridized carbons (Fsp3) is 0. The number of aromatic nitrogens is 1. The van der Waals surface area contributed by atoms with Crippen molar-refractivity contribution < 1.29 is 0 Å². The van der Waals surface area contributed by atoms with E-state index >= 15 is 0 Å². The van der Waals surface area contributed by atoms with Crippen LogP contribution in [0.25, 0.3) is 11.3 Å². The van der Waals surface area contributed by atoms with Crippen LogP contribution in [-0.2, 0) is 0 Å². The molecule has 5 heteroatoms. The molecule has 84 valence electrons. The Bertz CT molecular complexity index is 618. The maximum Gasteiger partial charge on any atom is 0.142 e. The Morgan fingerprint density at radius 1 is 1.18 bits per heavy atom. The van der Waals surface area contributed by atoms with Crippen molar-refractivity contribution in [2.75, 3.05) is 5.73 Å². The second kappa shape index (κ2) is 4.62. The van der Waals surface area contributed by atoms with Gasteiger partial charge in [-0.1, -0.05) is 23.2 Å². The van der Waals surface area contributed by atoms with Crippen molar-refractivity contribution in [3.63, 3.8) is 0 Å². The van der Waals surface area contributed by atoms with E-state index in [0.717, 1.165) is 0 Å². The van der Waals surface area contributed by atoms with E-state index in [1.54, 1.807) is 30.3 Å². The van der Waals surface area contributed by atoms with Crippen LogP contribution in [0, 0.1) is 11.3 Å². The standard InChI is InChI=1S/C12H7Cl2N3/c13-8-2-3-10(14)9(5-8)11-4-1-7(6-15)12(16)17-11/h1-5H,(H2,16,17). The second-order valence-corrected chi connectivity index (χ2v) is 4.21. The van der Waals surface area contributed by atoms with Crippen molar-refractivity contribution in [3.05, 3.63) is 45.9 Å². The summed E-state index contributed by atoms with van der Waals surface area (Å²) in [6.45, 7) is 0. The predicted molar refractivity (Wildman–Crippen MR) is 68.8 cm³/mol. The number of halogens is 2. The number of nitrogens with two attached hydrogens (primary N) is 1. The molecule has 0 saturated carbocycles. The summed E-state index contributed by atoms with van der Waals surface area (Å²) in [5, 5.41) is 9.86. The predicted octanol–water partition coefficient (Wildman–Crippen LogP) is 3.51. The molecule has 0 fully saturated rings. The van der Waals surface area contributed by atoms with Crippen LogP contribution in [0.4, 0.5) is 5.82 Å². The third-order valence-corrected chi connectivity index (χ3v) is 2.81. The van der Waals surface area contributed by atoms with Crippen LogP contribution in [0.3, 0.4) is 0 Å². The summed E-state index contributed by atoms with van der Waals surface area (Å²) in [5.74, 6) is 0.182. The number of anilines is 1. The van der Waals surface area contributed by atoms with Crippen LogP contribution in [0.1, 0.15) is 5.56 Å². The quantitative estimate of drug-likeness (QED) is 0.857. The molecule has 2 N–H and O–H groups in total. The van der Waals surface area contributed by atoms with E-state index in [4.69, 9.17) is 34.2 Å². The molecule has 3 nitrogen and oxygen atoms in total. The van der Waals surface area contributed by atoms with Gasteiger partial charge in [0.05, 0.1) is 16.3 Å². The zero-order valence-electron chi connectivity index (χ0n) is 8.61. The molecule has 0 unspecified atom stereocenters. The van der Waals surface area contributed by atoms with Gasteiger partial charge in [0, 0.05) is 10.6 Å². The molecule has 2 rings (SSSR count). The van der Waals surface area contributed by atoms with Crippen molar-refractivity contribution in [3.8, 4) is 17.3 Å². The molecule has 1 aromatic carbocycles. The average Bonchev–Trinajstić information content (AvgIpc) is 2.32. The first-order valence-corrected chi connectivity index (χ1v) is 5.49. The van der Waals surface area contributed by atoms with Crippen LogP contribution in [0.5, 0.6) is 0 Å².